The van der Waals surface area contributed by atoms with Crippen molar-refractivity contribution in [2.24, 2.45) is 7.05 Å². The van der Waals surface area contributed by atoms with Gasteiger partial charge < -0.3 is 14.6 Å². The second-order valence-corrected chi connectivity index (χ2v) is 4.68. The molecule has 5 heteroatoms. The number of likely N-dealkylation sites (N-methyl/N-ethyl adjacent to an activating group) is 1. The molecule has 0 radical (unpaired) electrons. The zero-order chi connectivity index (χ0) is 14.5. The highest BCUT2D eigenvalue weighted by Gasteiger charge is 2.16. The number of benzene rings is 1. The molecule has 0 fully saturated rings. The van der Waals surface area contributed by atoms with Crippen molar-refractivity contribution in [2.45, 2.75) is 19.4 Å². The Morgan fingerprint density at radius 3 is 2.80 bits per heavy atom. The second-order valence-electron chi connectivity index (χ2n) is 4.68. The maximum atomic E-state index is 13.7. The van der Waals surface area contributed by atoms with Crippen molar-refractivity contribution in [3.05, 3.63) is 47.8 Å². The molecule has 1 aromatic heterocycles. The van der Waals surface area contributed by atoms with Crippen LogP contribution in [-0.4, -0.2) is 23.2 Å². The summed E-state index contributed by atoms with van der Waals surface area (Å²) < 4.78 is 20.7. The monoisotopic (exact) mass is 277 g/mol. The number of hydrogen-bond acceptors (Lipinski definition) is 3. The Bertz CT molecular complexity index is 568. The van der Waals surface area contributed by atoms with Crippen LogP contribution in [0.15, 0.2) is 30.6 Å². The van der Waals surface area contributed by atoms with Gasteiger partial charge in [-0.05, 0) is 30.7 Å². The van der Waals surface area contributed by atoms with Crippen LogP contribution in [0.4, 0.5) is 4.39 Å². The molecule has 0 bridgehead atoms. The molecule has 1 atom stereocenters. The van der Waals surface area contributed by atoms with Gasteiger partial charge in [0.2, 0.25) is 0 Å². The quantitative estimate of drug-likeness (QED) is 0.881. The minimum atomic E-state index is -0.333. The van der Waals surface area contributed by atoms with Gasteiger partial charge in [0.25, 0.3) is 0 Å². The highest BCUT2D eigenvalue weighted by Crippen LogP contribution is 2.22. The molecule has 4 nitrogen and oxygen atoms in total. The molecule has 2 rings (SSSR count). The Balaban J connectivity index is 2.20. The number of rotatable bonds is 6. The van der Waals surface area contributed by atoms with Gasteiger partial charge in [0.05, 0.1) is 13.2 Å². The third-order valence-corrected chi connectivity index (χ3v) is 3.28. The molecule has 0 saturated carbocycles. The van der Waals surface area contributed by atoms with Gasteiger partial charge in [-0.1, -0.05) is 13.0 Å². The number of aromatic nitrogens is 2. The van der Waals surface area contributed by atoms with Gasteiger partial charge in [-0.15, -0.1) is 0 Å². The lowest BCUT2D eigenvalue weighted by Gasteiger charge is -2.18. The molecule has 0 aliphatic carbocycles. The van der Waals surface area contributed by atoms with E-state index in [9.17, 15) is 4.39 Å². The predicted molar refractivity (Wildman–Crippen MR) is 76.3 cm³/mol. The zero-order valence-corrected chi connectivity index (χ0v) is 12.1. The van der Waals surface area contributed by atoms with Crippen molar-refractivity contribution in [3.63, 3.8) is 0 Å². The fourth-order valence-electron chi connectivity index (χ4n) is 2.29. The third-order valence-electron chi connectivity index (χ3n) is 3.28. The molecular weight excluding hydrogens is 257 g/mol. The molecule has 1 aromatic carbocycles. The molecule has 1 heterocycles. The Hall–Kier alpha value is -1.88. The minimum Gasteiger partial charge on any atom is -0.494 e. The summed E-state index contributed by atoms with van der Waals surface area (Å²) in [5.74, 6) is 0.883. The molecule has 0 aliphatic heterocycles. The van der Waals surface area contributed by atoms with E-state index in [4.69, 9.17) is 4.74 Å². The van der Waals surface area contributed by atoms with Crippen LogP contribution < -0.4 is 10.1 Å². The first kappa shape index (κ1) is 14.5. The summed E-state index contributed by atoms with van der Waals surface area (Å²) in [5.41, 5.74) is 0.914. The Morgan fingerprint density at radius 1 is 1.45 bits per heavy atom. The highest BCUT2D eigenvalue weighted by molar-refractivity contribution is 5.30. The number of nitrogens with zero attached hydrogens (tertiary/aromatic N) is 2. The second kappa shape index (κ2) is 6.52. The van der Waals surface area contributed by atoms with Gasteiger partial charge in [0, 0.05) is 19.4 Å². The van der Waals surface area contributed by atoms with Crippen LogP contribution >= 0.6 is 0 Å². The lowest BCUT2D eigenvalue weighted by Crippen LogP contribution is -2.25. The molecule has 0 saturated heterocycles. The number of ether oxygens (including phenoxy) is 1. The van der Waals surface area contributed by atoms with Crippen molar-refractivity contribution in [1.82, 2.24) is 14.9 Å². The first-order valence-corrected chi connectivity index (χ1v) is 6.68. The molecular formula is C15H20FN3O. The van der Waals surface area contributed by atoms with Crippen molar-refractivity contribution in [2.75, 3.05) is 13.7 Å². The lowest BCUT2D eigenvalue weighted by molar-refractivity contribution is 0.386. The minimum absolute atomic E-state index is 0.0628. The summed E-state index contributed by atoms with van der Waals surface area (Å²) in [6.07, 6.45) is 4.36. The van der Waals surface area contributed by atoms with Crippen molar-refractivity contribution >= 4 is 0 Å². The van der Waals surface area contributed by atoms with Crippen LogP contribution in [0.2, 0.25) is 0 Å². The van der Waals surface area contributed by atoms with Gasteiger partial charge in [-0.3, -0.25) is 0 Å². The summed E-state index contributed by atoms with van der Waals surface area (Å²) in [6.45, 7) is 2.88. The summed E-state index contributed by atoms with van der Waals surface area (Å²) in [5, 5.41) is 3.39. The maximum Gasteiger partial charge on any atom is 0.165 e. The molecule has 1 unspecified atom stereocenters. The first-order chi connectivity index (χ1) is 9.65. The van der Waals surface area contributed by atoms with E-state index in [-0.39, 0.29) is 17.6 Å². The molecule has 20 heavy (non-hydrogen) atoms. The first-order valence-electron chi connectivity index (χ1n) is 6.68. The van der Waals surface area contributed by atoms with E-state index in [0.717, 1.165) is 17.9 Å². The van der Waals surface area contributed by atoms with E-state index >= 15 is 0 Å². The number of hydrogen-bond donors (Lipinski definition) is 1. The average molecular weight is 277 g/mol. The van der Waals surface area contributed by atoms with E-state index in [0.29, 0.717) is 6.42 Å². The van der Waals surface area contributed by atoms with Crippen molar-refractivity contribution in [1.29, 1.82) is 0 Å². The zero-order valence-electron chi connectivity index (χ0n) is 12.1. The van der Waals surface area contributed by atoms with E-state index in [1.165, 1.54) is 13.2 Å². The predicted octanol–water partition coefficient (Wildman–Crippen LogP) is 2.46. The van der Waals surface area contributed by atoms with Crippen LogP contribution in [0.3, 0.4) is 0 Å². The normalized spacial score (nSPS) is 12.4. The van der Waals surface area contributed by atoms with Crippen molar-refractivity contribution < 1.29 is 9.13 Å². The van der Waals surface area contributed by atoms with E-state index in [1.54, 1.807) is 12.3 Å². The van der Waals surface area contributed by atoms with Gasteiger partial charge >= 0.3 is 0 Å². The largest absolute Gasteiger partial charge is 0.494 e. The fraction of sp³-hybridized carbons (Fsp3) is 0.400. The van der Waals surface area contributed by atoms with Gasteiger partial charge in [0.15, 0.2) is 11.6 Å². The maximum absolute atomic E-state index is 13.7. The summed E-state index contributed by atoms with van der Waals surface area (Å²) >= 11 is 0. The summed E-state index contributed by atoms with van der Waals surface area (Å²) in [6, 6.07) is 5.13. The molecule has 0 aliphatic rings. The van der Waals surface area contributed by atoms with Crippen LogP contribution in [0.1, 0.15) is 24.4 Å². The molecule has 0 spiro atoms. The summed E-state index contributed by atoms with van der Waals surface area (Å²) in [7, 11) is 3.43. The number of imidazole rings is 1. The van der Waals surface area contributed by atoms with Crippen LogP contribution in [0, 0.1) is 5.82 Å². The molecule has 0 amide bonds. The summed E-state index contributed by atoms with van der Waals surface area (Å²) in [4.78, 5) is 4.37. The lowest BCUT2D eigenvalue weighted by atomic mass is 10.0. The molecule has 2 aromatic rings. The van der Waals surface area contributed by atoms with Gasteiger partial charge in [-0.2, -0.15) is 0 Å². The van der Waals surface area contributed by atoms with Gasteiger partial charge in [0.1, 0.15) is 5.82 Å². The number of halogens is 1. The Morgan fingerprint density at radius 2 is 2.25 bits per heavy atom. The number of methoxy groups -OCH3 is 1. The SMILES string of the molecule is CCNC(Cc1ccc(OC)c(F)c1)c1nccn1C. The van der Waals surface area contributed by atoms with E-state index in [1.807, 2.05) is 30.8 Å². The Kier molecular flexibility index (Phi) is 4.74. The van der Waals surface area contributed by atoms with Gasteiger partial charge in [-0.25, -0.2) is 9.37 Å². The van der Waals surface area contributed by atoms with Crippen LogP contribution in [0.5, 0.6) is 5.75 Å². The number of nitrogens with one attached hydrogen (secondary N) is 1. The van der Waals surface area contributed by atoms with E-state index in [2.05, 4.69) is 10.3 Å². The average Bonchev–Trinajstić information content (AvgIpc) is 2.85. The fourth-order valence-corrected chi connectivity index (χ4v) is 2.29. The topological polar surface area (TPSA) is 39.1 Å². The standard InChI is InChI=1S/C15H20FN3O/c1-4-17-13(15-18-7-8-19(15)2)10-11-5-6-14(20-3)12(16)9-11/h5-9,13,17H,4,10H2,1-3H3. The number of aryl methyl sites for hydroxylation is 1. The third kappa shape index (κ3) is 3.17. The van der Waals surface area contributed by atoms with Crippen LogP contribution in [-0.2, 0) is 13.5 Å². The molecule has 108 valence electrons. The van der Waals surface area contributed by atoms with E-state index < -0.39 is 0 Å². The smallest absolute Gasteiger partial charge is 0.165 e. The highest BCUT2D eigenvalue weighted by atomic mass is 19.1. The molecule has 1 N–H and O–H groups in total. The van der Waals surface area contributed by atoms with Crippen molar-refractivity contribution in [3.8, 4) is 5.75 Å². The van der Waals surface area contributed by atoms with Crippen LogP contribution in [0.25, 0.3) is 0 Å². The Labute approximate surface area is 118 Å².